The second-order valence-electron chi connectivity index (χ2n) is 8.75. The summed E-state index contributed by atoms with van der Waals surface area (Å²) in [5.74, 6) is 1.36. The highest BCUT2D eigenvalue weighted by Gasteiger charge is 2.20. The average molecular weight is 574 g/mol. The third-order valence-electron chi connectivity index (χ3n) is 6.02. The molecule has 40 heavy (non-hydrogen) atoms. The summed E-state index contributed by atoms with van der Waals surface area (Å²) in [4.78, 5) is 13.1. The molecule has 0 fully saturated rings. The molecule has 0 aliphatic rings. The molecular weight excluding hydrogens is 550 g/mol. The second-order valence-corrected chi connectivity index (χ2v) is 12.1. The Balaban J connectivity index is 1.42. The Morgan fingerprint density at radius 3 is 2.45 bits per heavy atom. The predicted octanol–water partition coefficient (Wildman–Crippen LogP) is 5.78. The number of methoxy groups -OCH3 is 1. The minimum Gasteiger partial charge on any atom is -0.493 e. The van der Waals surface area contributed by atoms with Crippen molar-refractivity contribution in [3.63, 3.8) is 0 Å². The van der Waals surface area contributed by atoms with E-state index < -0.39 is 15.7 Å². The number of hydrogen-bond acceptors (Lipinski definition) is 9. The largest absolute Gasteiger partial charge is 0.493 e. The normalized spacial score (nSPS) is 11.2. The molecule has 0 saturated carbocycles. The van der Waals surface area contributed by atoms with Crippen LogP contribution >= 0.6 is 11.3 Å². The molecule has 202 valence electrons. The summed E-state index contributed by atoms with van der Waals surface area (Å²) >= 11 is 0.899. The van der Waals surface area contributed by atoms with Crippen molar-refractivity contribution in [2.75, 3.05) is 24.0 Å². The molecule has 0 atom stereocenters. The van der Waals surface area contributed by atoms with Crippen molar-refractivity contribution in [2.45, 2.75) is 11.1 Å². The van der Waals surface area contributed by atoms with Gasteiger partial charge in [-0.05, 0) is 55.5 Å². The number of nitrogens with one attached hydrogen (secondary N) is 2. The van der Waals surface area contributed by atoms with E-state index in [2.05, 4.69) is 21.8 Å². The van der Waals surface area contributed by atoms with Gasteiger partial charge in [-0.25, -0.2) is 12.9 Å². The summed E-state index contributed by atoms with van der Waals surface area (Å²) in [5.41, 5.74) is 3.30. The quantitative estimate of drug-likeness (QED) is 0.239. The third-order valence-corrected chi connectivity index (χ3v) is 8.92. The first-order valence-electron chi connectivity index (χ1n) is 11.9. The van der Waals surface area contributed by atoms with E-state index in [1.807, 2.05) is 36.4 Å². The number of rotatable bonds is 8. The Kier molecular flexibility index (Phi) is 7.17. The first kappa shape index (κ1) is 26.7. The van der Waals surface area contributed by atoms with Gasteiger partial charge >= 0.3 is 0 Å². The summed E-state index contributed by atoms with van der Waals surface area (Å²) in [6.45, 7) is 1.81. The first-order valence-corrected chi connectivity index (χ1v) is 14.6. The highest BCUT2D eigenvalue weighted by molar-refractivity contribution is 7.92. The standard InChI is InChI=1S/C28H23N5O5S2/c1-17-21(32-28(34)24-12-13-25(39-24)40(3,35)36)16-33-27(17)26(18(14-29)15-30-33)31-19-8-10-20(11-9-19)38-23-7-5-4-6-22(23)37-2/h4-13,15-16,31H,1-3H3,(H,32,34). The SMILES string of the molecule is COc1ccccc1Oc1ccc(Nc2c(C#N)cnn3cc(NC(=O)c4ccc(S(C)(=O)=O)s4)c(C)c23)cc1. The molecule has 2 aromatic carbocycles. The van der Waals surface area contributed by atoms with Crippen molar-refractivity contribution in [3.8, 4) is 23.3 Å². The maximum Gasteiger partial charge on any atom is 0.265 e. The zero-order valence-corrected chi connectivity index (χ0v) is 23.3. The molecular formula is C28H23N5O5S2. The fourth-order valence-corrected chi connectivity index (χ4v) is 5.85. The van der Waals surface area contributed by atoms with Crippen LogP contribution in [-0.4, -0.2) is 37.3 Å². The minimum atomic E-state index is -3.41. The summed E-state index contributed by atoms with van der Waals surface area (Å²) in [7, 11) is -1.83. The van der Waals surface area contributed by atoms with Crippen LogP contribution in [0.5, 0.6) is 17.2 Å². The molecule has 0 unspecified atom stereocenters. The number of anilines is 3. The highest BCUT2D eigenvalue weighted by atomic mass is 32.2. The van der Waals surface area contributed by atoms with Crippen LogP contribution in [0.3, 0.4) is 0 Å². The summed E-state index contributed by atoms with van der Waals surface area (Å²) in [6.07, 6.45) is 4.18. The molecule has 0 radical (unpaired) electrons. The van der Waals surface area contributed by atoms with Gasteiger partial charge in [0.05, 0.1) is 46.8 Å². The summed E-state index contributed by atoms with van der Waals surface area (Å²) in [5, 5.41) is 20.2. The molecule has 5 aromatic rings. The number of hydrogen-bond donors (Lipinski definition) is 2. The summed E-state index contributed by atoms with van der Waals surface area (Å²) < 4.78 is 36.6. The van der Waals surface area contributed by atoms with Crippen molar-refractivity contribution in [2.24, 2.45) is 0 Å². The minimum absolute atomic E-state index is 0.113. The number of ether oxygens (including phenoxy) is 2. The molecule has 3 heterocycles. The number of sulfone groups is 1. The van der Waals surface area contributed by atoms with Crippen LogP contribution in [0.15, 0.2) is 77.3 Å². The number of para-hydroxylation sites is 2. The van der Waals surface area contributed by atoms with E-state index in [-0.39, 0.29) is 9.09 Å². The number of carbonyl (C=O) groups is 1. The van der Waals surface area contributed by atoms with Gasteiger partial charge in [-0.15, -0.1) is 11.3 Å². The van der Waals surface area contributed by atoms with Crippen molar-refractivity contribution in [3.05, 3.63) is 89.1 Å². The van der Waals surface area contributed by atoms with Crippen LogP contribution in [0.4, 0.5) is 17.1 Å². The zero-order chi connectivity index (χ0) is 28.4. The molecule has 1 amide bonds. The molecule has 12 heteroatoms. The van der Waals surface area contributed by atoms with E-state index in [0.29, 0.717) is 51.0 Å². The maximum atomic E-state index is 12.9. The lowest BCUT2D eigenvalue weighted by molar-refractivity contribution is 0.103. The van der Waals surface area contributed by atoms with Gasteiger partial charge in [-0.3, -0.25) is 4.79 Å². The maximum absolute atomic E-state index is 12.9. The van der Waals surface area contributed by atoms with Gasteiger partial charge in [-0.2, -0.15) is 10.4 Å². The van der Waals surface area contributed by atoms with Gasteiger partial charge in [-0.1, -0.05) is 12.1 Å². The van der Waals surface area contributed by atoms with Crippen LogP contribution in [0.25, 0.3) is 5.52 Å². The summed E-state index contributed by atoms with van der Waals surface area (Å²) in [6, 6.07) is 19.6. The fourth-order valence-electron chi connectivity index (χ4n) is 4.03. The molecule has 0 saturated heterocycles. The molecule has 10 nitrogen and oxygen atoms in total. The number of carbonyl (C=O) groups excluding carboxylic acids is 1. The van der Waals surface area contributed by atoms with E-state index in [1.165, 1.54) is 18.3 Å². The highest BCUT2D eigenvalue weighted by Crippen LogP contribution is 2.35. The van der Waals surface area contributed by atoms with Crippen molar-refractivity contribution >= 4 is 49.7 Å². The Bertz CT molecular complexity index is 1890. The second kappa shape index (κ2) is 10.7. The predicted molar refractivity (Wildman–Crippen MR) is 153 cm³/mol. The number of aromatic nitrogens is 2. The molecule has 0 spiro atoms. The van der Waals surface area contributed by atoms with Crippen LogP contribution in [0.2, 0.25) is 0 Å². The van der Waals surface area contributed by atoms with Crippen molar-refractivity contribution < 1.29 is 22.7 Å². The van der Waals surface area contributed by atoms with Crippen LogP contribution in [-0.2, 0) is 9.84 Å². The zero-order valence-electron chi connectivity index (χ0n) is 21.6. The van der Waals surface area contributed by atoms with Crippen LogP contribution in [0, 0.1) is 18.3 Å². The molecule has 0 aliphatic heterocycles. The number of thiophene rings is 1. The van der Waals surface area contributed by atoms with Gasteiger partial charge in [0.25, 0.3) is 5.91 Å². The molecule has 3 aromatic heterocycles. The number of fused-ring (bicyclic) bond motifs is 1. The van der Waals surface area contributed by atoms with Crippen molar-refractivity contribution in [1.82, 2.24) is 9.61 Å². The van der Waals surface area contributed by atoms with Crippen LogP contribution < -0.4 is 20.1 Å². The molecule has 2 N–H and O–H groups in total. The van der Waals surface area contributed by atoms with E-state index in [4.69, 9.17) is 9.47 Å². The Labute approximate surface area is 234 Å². The van der Waals surface area contributed by atoms with E-state index in [0.717, 1.165) is 17.6 Å². The molecule has 5 rings (SSSR count). The third kappa shape index (κ3) is 5.33. The molecule has 0 bridgehead atoms. The topological polar surface area (TPSA) is 135 Å². The van der Waals surface area contributed by atoms with Gasteiger partial charge in [0, 0.05) is 17.5 Å². The van der Waals surface area contributed by atoms with E-state index in [9.17, 15) is 18.5 Å². The Morgan fingerprint density at radius 1 is 1.07 bits per heavy atom. The number of nitrogens with zero attached hydrogens (tertiary/aromatic N) is 3. The Hall–Kier alpha value is -4.86. The monoisotopic (exact) mass is 573 g/mol. The lowest BCUT2D eigenvalue weighted by Gasteiger charge is -2.13. The number of aryl methyl sites for hydroxylation is 1. The first-order chi connectivity index (χ1) is 19.2. The van der Waals surface area contributed by atoms with Gasteiger partial charge < -0.3 is 20.1 Å². The average Bonchev–Trinajstić information content (AvgIpc) is 3.56. The Morgan fingerprint density at radius 2 is 1.80 bits per heavy atom. The lowest BCUT2D eigenvalue weighted by Crippen LogP contribution is -2.10. The van der Waals surface area contributed by atoms with Gasteiger partial charge in [0.2, 0.25) is 0 Å². The number of benzene rings is 2. The van der Waals surface area contributed by atoms with E-state index >= 15 is 0 Å². The fraction of sp³-hybridized carbons (Fsp3) is 0.107. The lowest BCUT2D eigenvalue weighted by atomic mass is 10.1. The van der Waals surface area contributed by atoms with Gasteiger partial charge in [0.15, 0.2) is 21.3 Å². The number of amides is 1. The van der Waals surface area contributed by atoms with Crippen molar-refractivity contribution in [1.29, 1.82) is 5.26 Å². The molecule has 0 aliphatic carbocycles. The van der Waals surface area contributed by atoms with Gasteiger partial charge in [0.1, 0.15) is 16.0 Å². The number of nitriles is 1. The van der Waals surface area contributed by atoms with Crippen LogP contribution in [0.1, 0.15) is 20.8 Å². The smallest absolute Gasteiger partial charge is 0.265 e. The van der Waals surface area contributed by atoms with E-state index in [1.54, 1.807) is 36.9 Å².